The molecule has 0 bridgehead atoms. The Labute approximate surface area is 196 Å². The van der Waals surface area contributed by atoms with Crippen LogP contribution in [0.15, 0.2) is 77.8 Å². The largest absolute Gasteiger partial charge is 0.492 e. The third-order valence-electron chi connectivity index (χ3n) is 5.22. The van der Waals surface area contributed by atoms with Crippen LogP contribution >= 0.6 is 11.9 Å². The fourth-order valence-corrected chi connectivity index (χ4v) is 4.06. The third kappa shape index (κ3) is 8.63. The lowest BCUT2D eigenvalue weighted by molar-refractivity contribution is 0.223. The van der Waals surface area contributed by atoms with Crippen LogP contribution in [0.5, 0.6) is 5.75 Å². The van der Waals surface area contributed by atoms with Gasteiger partial charge in [0.2, 0.25) is 0 Å². The van der Waals surface area contributed by atoms with E-state index in [1.165, 1.54) is 16.0 Å². The van der Waals surface area contributed by atoms with Gasteiger partial charge in [0.1, 0.15) is 12.4 Å². The average Bonchev–Trinajstić information content (AvgIpc) is 2.84. The Morgan fingerprint density at radius 2 is 1.72 bits per heavy atom. The van der Waals surface area contributed by atoms with Crippen molar-refractivity contribution in [3.05, 3.63) is 89.7 Å². The van der Waals surface area contributed by atoms with E-state index < -0.39 is 0 Å². The van der Waals surface area contributed by atoms with Gasteiger partial charge in [-0.1, -0.05) is 44.2 Å². The average molecular weight is 451 g/mol. The highest BCUT2D eigenvalue weighted by Crippen LogP contribution is 2.18. The van der Waals surface area contributed by atoms with Crippen LogP contribution in [0.4, 0.5) is 0 Å². The highest BCUT2D eigenvalue weighted by Gasteiger charge is 2.02. The highest BCUT2D eigenvalue weighted by atomic mass is 32.2. The van der Waals surface area contributed by atoms with Gasteiger partial charge in [-0.3, -0.25) is 9.71 Å². The van der Waals surface area contributed by atoms with E-state index in [1.807, 2.05) is 24.4 Å². The normalized spacial score (nSPS) is 11.1. The van der Waals surface area contributed by atoms with E-state index in [1.54, 1.807) is 11.9 Å². The molecular formula is C26H34N4OS. The van der Waals surface area contributed by atoms with Gasteiger partial charge in [0.15, 0.2) is 0 Å². The van der Waals surface area contributed by atoms with Crippen LogP contribution in [-0.2, 0) is 19.6 Å². The molecule has 3 aromatic rings. The SMILES string of the molecule is CCN(CC)CCOc1ccc(CNSc2cccc(CNCc3ccccn3)c2)cc1. The van der Waals surface area contributed by atoms with Crippen LogP contribution in [0.25, 0.3) is 0 Å². The lowest BCUT2D eigenvalue weighted by atomic mass is 10.2. The molecule has 1 aromatic heterocycles. The van der Waals surface area contributed by atoms with Crippen molar-refractivity contribution in [3.8, 4) is 5.75 Å². The number of rotatable bonds is 14. The first-order valence-corrected chi connectivity index (χ1v) is 12.1. The van der Waals surface area contributed by atoms with Crippen molar-refractivity contribution in [1.29, 1.82) is 0 Å². The van der Waals surface area contributed by atoms with E-state index in [0.29, 0.717) is 0 Å². The summed E-state index contributed by atoms with van der Waals surface area (Å²) in [4.78, 5) is 7.91. The molecule has 1 heterocycles. The third-order valence-corrected chi connectivity index (χ3v) is 6.00. The molecule has 0 unspecified atom stereocenters. The Hall–Kier alpha value is -2.38. The number of ether oxygens (including phenoxy) is 1. The molecule has 2 aromatic carbocycles. The van der Waals surface area contributed by atoms with Crippen LogP contribution < -0.4 is 14.8 Å². The number of hydrogen-bond acceptors (Lipinski definition) is 6. The van der Waals surface area contributed by atoms with Gasteiger partial charge in [-0.25, -0.2) is 0 Å². The number of nitrogens with zero attached hydrogens (tertiary/aromatic N) is 2. The molecule has 0 aliphatic carbocycles. The molecule has 5 nitrogen and oxygen atoms in total. The number of benzene rings is 2. The van der Waals surface area contributed by atoms with Crippen molar-refractivity contribution in [2.24, 2.45) is 0 Å². The van der Waals surface area contributed by atoms with Crippen molar-refractivity contribution < 1.29 is 4.74 Å². The second kappa shape index (κ2) is 13.9. The Bertz CT molecular complexity index is 901. The molecule has 6 heteroatoms. The number of pyridine rings is 1. The predicted molar refractivity (Wildman–Crippen MR) is 134 cm³/mol. The van der Waals surface area contributed by atoms with Crippen LogP contribution in [-0.4, -0.2) is 36.1 Å². The molecule has 0 saturated carbocycles. The lowest BCUT2D eigenvalue weighted by Gasteiger charge is -2.18. The molecular weight excluding hydrogens is 416 g/mol. The number of likely N-dealkylation sites (N-methyl/N-ethyl adjacent to an activating group) is 1. The van der Waals surface area contributed by atoms with Gasteiger partial charge in [0.05, 0.1) is 5.69 Å². The number of nitrogens with one attached hydrogen (secondary N) is 2. The van der Waals surface area contributed by atoms with Gasteiger partial charge in [-0.05, 0) is 72.6 Å². The van der Waals surface area contributed by atoms with Crippen LogP contribution in [0, 0.1) is 0 Å². The van der Waals surface area contributed by atoms with Gasteiger partial charge in [0.25, 0.3) is 0 Å². The van der Waals surface area contributed by atoms with E-state index in [0.717, 1.165) is 57.3 Å². The molecule has 32 heavy (non-hydrogen) atoms. The Morgan fingerprint density at radius 3 is 2.47 bits per heavy atom. The van der Waals surface area contributed by atoms with E-state index in [-0.39, 0.29) is 0 Å². The zero-order valence-corrected chi connectivity index (χ0v) is 19.9. The Balaban J connectivity index is 1.37. The molecule has 0 amide bonds. The monoisotopic (exact) mass is 450 g/mol. The first-order chi connectivity index (χ1) is 15.8. The Morgan fingerprint density at radius 1 is 0.875 bits per heavy atom. The summed E-state index contributed by atoms with van der Waals surface area (Å²) in [5, 5.41) is 3.45. The fourth-order valence-electron chi connectivity index (χ4n) is 3.30. The van der Waals surface area contributed by atoms with E-state index in [2.05, 4.69) is 82.3 Å². The fraction of sp³-hybridized carbons (Fsp3) is 0.346. The molecule has 0 atom stereocenters. The molecule has 0 aliphatic heterocycles. The maximum absolute atomic E-state index is 5.87. The van der Waals surface area contributed by atoms with E-state index >= 15 is 0 Å². The number of aromatic nitrogens is 1. The minimum absolute atomic E-state index is 0.724. The second-order valence-electron chi connectivity index (χ2n) is 7.51. The first-order valence-electron chi connectivity index (χ1n) is 11.3. The van der Waals surface area contributed by atoms with Gasteiger partial charge in [0, 0.05) is 37.3 Å². The quantitative estimate of drug-likeness (QED) is 0.341. The Kier molecular flexibility index (Phi) is 10.5. The smallest absolute Gasteiger partial charge is 0.119 e. The molecule has 0 fully saturated rings. The molecule has 3 rings (SSSR count). The van der Waals surface area contributed by atoms with Gasteiger partial charge in [-0.2, -0.15) is 0 Å². The molecule has 0 spiro atoms. The van der Waals surface area contributed by atoms with Gasteiger partial charge < -0.3 is 15.0 Å². The minimum atomic E-state index is 0.724. The zero-order valence-electron chi connectivity index (χ0n) is 19.1. The maximum atomic E-state index is 5.87. The second-order valence-corrected chi connectivity index (χ2v) is 8.48. The highest BCUT2D eigenvalue weighted by molar-refractivity contribution is 7.97. The lowest BCUT2D eigenvalue weighted by Crippen LogP contribution is -2.27. The topological polar surface area (TPSA) is 49.4 Å². The summed E-state index contributed by atoms with van der Waals surface area (Å²) in [7, 11) is 0. The summed E-state index contributed by atoms with van der Waals surface area (Å²) in [6.45, 7) is 10.6. The van der Waals surface area contributed by atoms with Crippen molar-refractivity contribution in [2.75, 3.05) is 26.2 Å². The summed E-state index contributed by atoms with van der Waals surface area (Å²) >= 11 is 1.66. The van der Waals surface area contributed by atoms with E-state index in [9.17, 15) is 0 Å². The van der Waals surface area contributed by atoms with Crippen molar-refractivity contribution in [2.45, 2.75) is 38.4 Å². The summed E-state index contributed by atoms with van der Waals surface area (Å²) < 4.78 is 9.32. The zero-order chi connectivity index (χ0) is 22.4. The first kappa shape index (κ1) is 24.3. The number of hydrogen-bond donors (Lipinski definition) is 2. The van der Waals surface area contributed by atoms with Crippen molar-refractivity contribution >= 4 is 11.9 Å². The summed E-state index contributed by atoms with van der Waals surface area (Å²) in [5.41, 5.74) is 3.56. The minimum Gasteiger partial charge on any atom is -0.492 e. The van der Waals surface area contributed by atoms with Crippen LogP contribution in [0.1, 0.15) is 30.7 Å². The molecule has 0 saturated heterocycles. The van der Waals surface area contributed by atoms with Crippen molar-refractivity contribution in [1.82, 2.24) is 19.9 Å². The summed E-state index contributed by atoms with van der Waals surface area (Å²) in [5.74, 6) is 0.930. The molecule has 0 radical (unpaired) electrons. The molecule has 0 aliphatic rings. The summed E-state index contributed by atoms with van der Waals surface area (Å²) in [6, 6.07) is 22.9. The van der Waals surface area contributed by atoms with Crippen LogP contribution in [0.3, 0.4) is 0 Å². The maximum Gasteiger partial charge on any atom is 0.119 e. The van der Waals surface area contributed by atoms with Crippen molar-refractivity contribution in [3.63, 3.8) is 0 Å². The predicted octanol–water partition coefficient (Wildman–Crippen LogP) is 4.89. The standard InChI is InChI=1S/C26H34N4OS/c1-3-30(4-2)16-17-31-25-13-11-22(12-14-25)20-29-32-26-10-7-8-23(18-26)19-27-21-24-9-5-6-15-28-24/h5-15,18,27,29H,3-4,16-17,19-21H2,1-2H3. The van der Waals surface area contributed by atoms with Gasteiger partial charge in [-0.15, -0.1) is 0 Å². The molecule has 2 N–H and O–H groups in total. The summed E-state index contributed by atoms with van der Waals surface area (Å²) in [6.07, 6.45) is 1.83. The van der Waals surface area contributed by atoms with Crippen LogP contribution in [0.2, 0.25) is 0 Å². The molecule has 170 valence electrons. The van der Waals surface area contributed by atoms with E-state index in [4.69, 9.17) is 4.74 Å². The van der Waals surface area contributed by atoms with Gasteiger partial charge >= 0.3 is 0 Å².